The molecule has 2 aromatic rings. The fourth-order valence-corrected chi connectivity index (χ4v) is 2.50. The van der Waals surface area contributed by atoms with Crippen LogP contribution >= 0.6 is 0 Å². The van der Waals surface area contributed by atoms with Crippen LogP contribution in [-0.2, 0) is 13.1 Å². The number of rotatable bonds is 9. The predicted octanol–water partition coefficient (Wildman–Crippen LogP) is 3.26. The number of hydrogen-bond donors (Lipinski definition) is 2. The Labute approximate surface area is 172 Å². The van der Waals surface area contributed by atoms with E-state index in [-0.39, 0.29) is 17.5 Å². The minimum Gasteiger partial charge on any atom is -0.493 e. The molecule has 0 aliphatic heterocycles. The summed E-state index contributed by atoms with van der Waals surface area (Å²) in [5, 5.41) is 2.94. The number of guanidine groups is 1. The maximum absolute atomic E-state index is 12.3. The molecule has 0 aromatic heterocycles. The van der Waals surface area contributed by atoms with Crippen molar-refractivity contribution >= 4 is 5.96 Å². The van der Waals surface area contributed by atoms with E-state index in [1.54, 1.807) is 38.5 Å². The molecule has 0 radical (unpaired) electrons. The summed E-state index contributed by atoms with van der Waals surface area (Å²) in [5.74, 6) is 1.62. The third-order valence-corrected chi connectivity index (χ3v) is 3.97. The molecule has 7 nitrogen and oxygen atoms in total. The van der Waals surface area contributed by atoms with E-state index in [9.17, 15) is 13.2 Å². The molecular formula is C20H24F3N3O4. The summed E-state index contributed by atoms with van der Waals surface area (Å²) in [6.07, 6.45) is -4.43. The van der Waals surface area contributed by atoms with E-state index in [4.69, 9.17) is 24.7 Å². The van der Waals surface area contributed by atoms with Crippen LogP contribution in [0.2, 0.25) is 0 Å². The van der Waals surface area contributed by atoms with E-state index in [0.717, 1.165) is 11.1 Å². The highest BCUT2D eigenvalue weighted by atomic mass is 19.4. The molecule has 0 bridgehead atoms. The molecule has 0 amide bonds. The summed E-state index contributed by atoms with van der Waals surface area (Å²) in [4.78, 5) is 4.26. The van der Waals surface area contributed by atoms with E-state index in [0.29, 0.717) is 24.6 Å². The molecule has 0 aliphatic carbocycles. The molecule has 0 heterocycles. The molecule has 164 valence electrons. The van der Waals surface area contributed by atoms with Crippen LogP contribution in [0.4, 0.5) is 13.2 Å². The topological polar surface area (TPSA) is 87.3 Å². The van der Waals surface area contributed by atoms with Gasteiger partial charge >= 0.3 is 6.18 Å². The second kappa shape index (κ2) is 10.5. The lowest BCUT2D eigenvalue weighted by Crippen LogP contribution is -2.31. The second-order valence-corrected chi connectivity index (χ2v) is 6.13. The van der Waals surface area contributed by atoms with Gasteiger partial charge in [-0.2, -0.15) is 13.2 Å². The first-order valence-corrected chi connectivity index (χ1v) is 8.87. The van der Waals surface area contributed by atoms with Crippen LogP contribution in [0.5, 0.6) is 23.0 Å². The summed E-state index contributed by atoms with van der Waals surface area (Å²) in [6, 6.07) is 10.0. The van der Waals surface area contributed by atoms with E-state index < -0.39 is 12.8 Å². The number of ether oxygens (including phenoxy) is 4. The van der Waals surface area contributed by atoms with Crippen LogP contribution < -0.4 is 30.0 Å². The first kappa shape index (κ1) is 23.0. The summed E-state index contributed by atoms with van der Waals surface area (Å²) in [7, 11) is 4.46. The maximum Gasteiger partial charge on any atom is 0.422 e. The molecule has 10 heteroatoms. The summed E-state index contributed by atoms with van der Waals surface area (Å²) >= 11 is 0. The van der Waals surface area contributed by atoms with Gasteiger partial charge in [-0.3, -0.25) is 0 Å². The van der Waals surface area contributed by atoms with Crippen molar-refractivity contribution in [3.63, 3.8) is 0 Å². The average Bonchev–Trinajstić information content (AvgIpc) is 2.74. The molecule has 0 fully saturated rings. The van der Waals surface area contributed by atoms with E-state index in [2.05, 4.69) is 10.3 Å². The molecule has 0 saturated heterocycles. The molecule has 0 atom stereocenters. The van der Waals surface area contributed by atoms with Crippen LogP contribution in [0.1, 0.15) is 11.1 Å². The van der Waals surface area contributed by atoms with Gasteiger partial charge in [-0.05, 0) is 35.4 Å². The number of hydrogen-bond acceptors (Lipinski definition) is 5. The summed E-state index contributed by atoms with van der Waals surface area (Å²) < 4.78 is 57.3. The van der Waals surface area contributed by atoms with Crippen molar-refractivity contribution < 1.29 is 32.1 Å². The Hall–Kier alpha value is -3.30. The van der Waals surface area contributed by atoms with Gasteiger partial charge < -0.3 is 30.0 Å². The Balaban J connectivity index is 1.95. The highest BCUT2D eigenvalue weighted by Crippen LogP contribution is 2.30. The maximum atomic E-state index is 12.3. The fourth-order valence-electron chi connectivity index (χ4n) is 2.50. The standard InChI is InChI=1S/C20H24F3N3O4/c1-27-15-6-4-13(8-17(15)28-2)10-25-19(24)26-11-14-5-7-16(18(9-14)29-3)30-12-20(21,22)23/h4-9H,10-12H2,1-3H3,(H3,24,25,26). The first-order valence-electron chi connectivity index (χ1n) is 8.87. The van der Waals surface area contributed by atoms with Crippen molar-refractivity contribution in [1.29, 1.82) is 0 Å². The van der Waals surface area contributed by atoms with Crippen molar-refractivity contribution in [3.8, 4) is 23.0 Å². The molecule has 0 spiro atoms. The van der Waals surface area contributed by atoms with Gasteiger partial charge in [-0.25, -0.2) is 4.99 Å². The van der Waals surface area contributed by atoms with Crippen molar-refractivity contribution in [3.05, 3.63) is 47.5 Å². The highest BCUT2D eigenvalue weighted by Gasteiger charge is 2.29. The number of halogens is 3. The number of nitrogens with one attached hydrogen (secondary N) is 1. The summed E-state index contributed by atoms with van der Waals surface area (Å²) in [5.41, 5.74) is 7.51. The van der Waals surface area contributed by atoms with Crippen LogP contribution in [-0.4, -0.2) is 40.1 Å². The van der Waals surface area contributed by atoms with Crippen molar-refractivity contribution in [2.24, 2.45) is 10.7 Å². The van der Waals surface area contributed by atoms with Gasteiger partial charge in [0.15, 0.2) is 35.6 Å². The molecular weight excluding hydrogens is 403 g/mol. The lowest BCUT2D eigenvalue weighted by atomic mass is 10.2. The molecule has 2 rings (SSSR count). The minimum absolute atomic E-state index is 0.00803. The van der Waals surface area contributed by atoms with E-state index in [1.807, 2.05) is 6.07 Å². The van der Waals surface area contributed by atoms with E-state index in [1.165, 1.54) is 13.2 Å². The Bertz CT molecular complexity index is 873. The number of aliphatic imine (C=N–C) groups is 1. The highest BCUT2D eigenvalue weighted by molar-refractivity contribution is 5.77. The number of methoxy groups -OCH3 is 3. The quantitative estimate of drug-likeness (QED) is 0.472. The van der Waals surface area contributed by atoms with Crippen molar-refractivity contribution in [1.82, 2.24) is 5.32 Å². The zero-order valence-corrected chi connectivity index (χ0v) is 16.9. The Morgan fingerprint density at radius 1 is 0.900 bits per heavy atom. The van der Waals surface area contributed by atoms with Crippen LogP contribution in [0.3, 0.4) is 0 Å². The smallest absolute Gasteiger partial charge is 0.422 e. The third-order valence-electron chi connectivity index (χ3n) is 3.97. The molecule has 30 heavy (non-hydrogen) atoms. The lowest BCUT2D eigenvalue weighted by Gasteiger charge is -2.14. The Morgan fingerprint density at radius 3 is 2.10 bits per heavy atom. The number of benzene rings is 2. The van der Waals surface area contributed by atoms with Gasteiger partial charge in [0.25, 0.3) is 0 Å². The Kier molecular flexibility index (Phi) is 8.02. The van der Waals surface area contributed by atoms with Gasteiger partial charge in [0.2, 0.25) is 0 Å². The predicted molar refractivity (Wildman–Crippen MR) is 106 cm³/mol. The molecule has 0 aliphatic rings. The van der Waals surface area contributed by atoms with Crippen LogP contribution in [0, 0.1) is 0 Å². The van der Waals surface area contributed by atoms with Gasteiger partial charge in [-0.1, -0.05) is 12.1 Å². The number of nitrogens with two attached hydrogens (primary N) is 1. The summed E-state index contributed by atoms with van der Waals surface area (Å²) in [6.45, 7) is -0.763. The lowest BCUT2D eigenvalue weighted by molar-refractivity contribution is -0.153. The molecule has 0 saturated carbocycles. The van der Waals surface area contributed by atoms with Gasteiger partial charge in [0, 0.05) is 6.54 Å². The molecule has 3 N–H and O–H groups in total. The van der Waals surface area contributed by atoms with Crippen LogP contribution in [0.25, 0.3) is 0 Å². The normalized spacial score (nSPS) is 11.7. The second-order valence-electron chi connectivity index (χ2n) is 6.13. The minimum atomic E-state index is -4.43. The van der Waals surface area contributed by atoms with Crippen molar-refractivity contribution in [2.75, 3.05) is 27.9 Å². The third kappa shape index (κ3) is 6.94. The van der Waals surface area contributed by atoms with Crippen molar-refractivity contribution in [2.45, 2.75) is 19.3 Å². The van der Waals surface area contributed by atoms with Gasteiger partial charge in [0.1, 0.15) is 0 Å². The first-order chi connectivity index (χ1) is 14.3. The van der Waals surface area contributed by atoms with Gasteiger partial charge in [0.05, 0.1) is 27.9 Å². The zero-order valence-electron chi connectivity index (χ0n) is 16.9. The SMILES string of the molecule is COc1ccc(CN=C(N)NCc2ccc(OCC(F)(F)F)c(OC)c2)cc1OC. The Morgan fingerprint density at radius 2 is 1.47 bits per heavy atom. The largest absolute Gasteiger partial charge is 0.493 e. The zero-order chi connectivity index (χ0) is 22.1. The average molecular weight is 427 g/mol. The van der Waals surface area contributed by atoms with Gasteiger partial charge in [-0.15, -0.1) is 0 Å². The number of alkyl halides is 3. The fraction of sp³-hybridized carbons (Fsp3) is 0.350. The molecule has 0 unspecified atom stereocenters. The molecule has 2 aromatic carbocycles. The number of nitrogens with zero attached hydrogens (tertiary/aromatic N) is 1. The van der Waals surface area contributed by atoms with E-state index >= 15 is 0 Å². The van der Waals surface area contributed by atoms with Crippen LogP contribution in [0.15, 0.2) is 41.4 Å². The monoisotopic (exact) mass is 427 g/mol.